The molecule has 2 N–H and O–H groups in total. The van der Waals surface area contributed by atoms with Crippen LogP contribution >= 0.6 is 11.6 Å². The molecule has 0 spiro atoms. The third-order valence-electron chi connectivity index (χ3n) is 7.85. The lowest BCUT2D eigenvalue weighted by Crippen LogP contribution is -2.40. The van der Waals surface area contributed by atoms with E-state index >= 15 is 0 Å². The predicted octanol–water partition coefficient (Wildman–Crippen LogP) is 5.94. The monoisotopic (exact) mass is 629 g/mol. The molecule has 0 saturated heterocycles. The lowest BCUT2D eigenvalue weighted by Gasteiger charge is -2.20. The first-order valence-electron chi connectivity index (χ1n) is 14.6. The van der Waals surface area contributed by atoms with Gasteiger partial charge < -0.3 is 29.5 Å². The van der Waals surface area contributed by atoms with Crippen molar-refractivity contribution in [3.8, 4) is 39.6 Å². The minimum Gasteiger partial charge on any atom is -0.496 e. The number of hydrogen-bond donors (Lipinski definition) is 2. The van der Waals surface area contributed by atoms with E-state index in [-0.39, 0.29) is 5.69 Å². The van der Waals surface area contributed by atoms with Crippen molar-refractivity contribution < 1.29 is 28.9 Å². The van der Waals surface area contributed by atoms with Gasteiger partial charge in [0.1, 0.15) is 28.9 Å². The smallest absolute Gasteiger partial charge is 0.313 e. The third-order valence-corrected chi connectivity index (χ3v) is 8.16. The lowest BCUT2D eigenvalue weighted by molar-refractivity contribution is -0.139. The summed E-state index contributed by atoms with van der Waals surface area (Å²) < 4.78 is 17.4. The molecule has 1 aliphatic rings. The average Bonchev–Trinajstić information content (AvgIpc) is 3.41. The summed E-state index contributed by atoms with van der Waals surface area (Å²) >= 11 is 6.52. The Labute approximate surface area is 267 Å². The second-order valence-corrected chi connectivity index (χ2v) is 11.5. The number of aromatic nitrogens is 1. The maximum atomic E-state index is 13.7. The Hall–Kier alpha value is -4.60. The van der Waals surface area contributed by atoms with Gasteiger partial charge in [0.05, 0.1) is 43.1 Å². The molecule has 3 aromatic carbocycles. The van der Waals surface area contributed by atoms with Crippen molar-refractivity contribution in [2.45, 2.75) is 24.8 Å². The average molecular weight is 630 g/mol. The molecule has 10 heteroatoms. The number of aliphatic carboxylic acids is 1. The fourth-order valence-corrected chi connectivity index (χ4v) is 5.90. The Bertz CT molecular complexity index is 1690. The highest BCUT2D eigenvalue weighted by molar-refractivity contribution is 6.32. The highest BCUT2D eigenvalue weighted by Crippen LogP contribution is 2.43. The molecule has 0 radical (unpaired) electrons. The molecular weight excluding hydrogens is 594 g/mol. The van der Waals surface area contributed by atoms with Gasteiger partial charge in [-0.05, 0) is 74.5 Å². The topological polar surface area (TPSA) is 110 Å². The molecule has 45 heavy (non-hydrogen) atoms. The zero-order chi connectivity index (χ0) is 32.1. The molecule has 1 aromatic heterocycles. The number of pyridine rings is 1. The summed E-state index contributed by atoms with van der Waals surface area (Å²) in [7, 11) is 7.16. The van der Waals surface area contributed by atoms with E-state index in [9.17, 15) is 14.7 Å². The van der Waals surface area contributed by atoms with Gasteiger partial charge in [-0.25, -0.2) is 4.98 Å². The van der Waals surface area contributed by atoms with E-state index in [0.717, 1.165) is 18.5 Å². The number of nitrogens with zero attached hydrogens (tertiary/aromatic N) is 2. The van der Waals surface area contributed by atoms with Gasteiger partial charge in [-0.15, -0.1) is 0 Å². The van der Waals surface area contributed by atoms with Crippen LogP contribution < -0.4 is 19.5 Å². The zero-order valence-electron chi connectivity index (χ0n) is 25.7. The summed E-state index contributed by atoms with van der Waals surface area (Å²) in [6.07, 6.45) is 1.22. The Morgan fingerprint density at radius 1 is 0.978 bits per heavy atom. The van der Waals surface area contributed by atoms with E-state index < -0.39 is 23.8 Å². The number of carboxylic acid groups (broad SMARTS) is 1. The predicted molar refractivity (Wildman–Crippen MR) is 174 cm³/mol. The first kappa shape index (κ1) is 31.8. The number of rotatable bonds is 12. The molecule has 2 atom stereocenters. The number of carbonyl (C=O) groups excluding carboxylic acids is 1. The largest absolute Gasteiger partial charge is 0.496 e. The van der Waals surface area contributed by atoms with Crippen molar-refractivity contribution in [1.29, 1.82) is 0 Å². The number of methoxy groups -OCH3 is 2. The van der Waals surface area contributed by atoms with Gasteiger partial charge in [0.15, 0.2) is 0 Å². The van der Waals surface area contributed by atoms with Crippen LogP contribution in [0.3, 0.4) is 0 Å². The van der Waals surface area contributed by atoms with Crippen molar-refractivity contribution in [2.24, 2.45) is 0 Å². The summed E-state index contributed by atoms with van der Waals surface area (Å²) in [6, 6.07) is 21.0. The van der Waals surface area contributed by atoms with Crippen LogP contribution in [0, 0.1) is 0 Å². The molecule has 9 nitrogen and oxygen atoms in total. The zero-order valence-corrected chi connectivity index (χ0v) is 26.4. The molecule has 0 bridgehead atoms. The molecule has 1 heterocycles. The first-order valence-corrected chi connectivity index (χ1v) is 15.0. The fraction of sp³-hybridized carbons (Fsp3) is 0.286. The van der Waals surface area contributed by atoms with E-state index in [1.807, 2.05) is 62.6 Å². The van der Waals surface area contributed by atoms with Gasteiger partial charge in [0, 0.05) is 17.7 Å². The summed E-state index contributed by atoms with van der Waals surface area (Å²) in [5.41, 5.74) is 4.21. The number of benzene rings is 3. The molecule has 1 aliphatic carbocycles. The minimum atomic E-state index is -0.989. The number of carbonyl (C=O) groups is 2. The Morgan fingerprint density at radius 3 is 2.40 bits per heavy atom. The van der Waals surface area contributed by atoms with Gasteiger partial charge in [0.25, 0.3) is 5.91 Å². The van der Waals surface area contributed by atoms with Crippen molar-refractivity contribution in [3.05, 3.63) is 94.6 Å². The Morgan fingerprint density at radius 2 is 1.71 bits per heavy atom. The van der Waals surface area contributed by atoms with Crippen LogP contribution in [0.2, 0.25) is 5.02 Å². The van der Waals surface area contributed by atoms with Gasteiger partial charge >= 0.3 is 5.97 Å². The summed E-state index contributed by atoms with van der Waals surface area (Å²) in [4.78, 5) is 32.8. The van der Waals surface area contributed by atoms with Gasteiger partial charge in [-0.2, -0.15) is 0 Å². The van der Waals surface area contributed by atoms with Crippen molar-refractivity contribution in [1.82, 2.24) is 15.2 Å². The second-order valence-electron chi connectivity index (χ2n) is 11.1. The van der Waals surface area contributed by atoms with Crippen LogP contribution in [0.25, 0.3) is 22.4 Å². The molecule has 0 fully saturated rings. The standard InChI is InChI=1S/C35H36ClN3O6/c1-39(2)17-8-18-45-30-20-22(13-15-25(30)36)33-24(32-28(43-3)11-7-12-29(32)44-4)14-16-26(37-33)34(40)38-27-19-21-9-5-6-10-23(21)31(27)35(41)42/h5-7,9-16,20,27,31H,8,17-19H2,1-4H3,(H,38,40)(H,41,42). The molecule has 234 valence electrons. The van der Waals surface area contributed by atoms with E-state index in [1.165, 1.54) is 0 Å². The summed E-state index contributed by atoms with van der Waals surface area (Å²) in [6.45, 7) is 1.33. The normalized spacial score (nSPS) is 15.4. The van der Waals surface area contributed by atoms with Crippen molar-refractivity contribution in [2.75, 3.05) is 41.5 Å². The minimum absolute atomic E-state index is 0.131. The highest BCUT2D eigenvalue weighted by atomic mass is 35.5. The molecule has 1 amide bonds. The molecular formula is C35H36ClN3O6. The SMILES string of the molecule is COc1cccc(OC)c1-c1ccc(C(=O)NC2Cc3ccccc3C2C(=O)O)nc1-c1ccc(Cl)c(OCCCN(C)C)c1. The van der Waals surface area contributed by atoms with Crippen LogP contribution in [0.15, 0.2) is 72.8 Å². The van der Waals surface area contributed by atoms with E-state index in [0.29, 0.717) is 63.2 Å². The lowest BCUT2D eigenvalue weighted by atomic mass is 9.96. The van der Waals surface area contributed by atoms with Gasteiger partial charge in [-0.3, -0.25) is 9.59 Å². The number of carboxylic acids is 1. The van der Waals surface area contributed by atoms with Gasteiger partial charge in [0.2, 0.25) is 0 Å². The number of nitrogens with one attached hydrogen (secondary N) is 1. The van der Waals surface area contributed by atoms with Crippen LogP contribution in [-0.4, -0.2) is 74.4 Å². The first-order chi connectivity index (χ1) is 21.7. The summed E-state index contributed by atoms with van der Waals surface area (Å²) in [5, 5.41) is 13.4. The third kappa shape index (κ3) is 6.90. The van der Waals surface area contributed by atoms with Crippen LogP contribution in [0.4, 0.5) is 0 Å². The number of ether oxygens (including phenoxy) is 3. The second kappa shape index (κ2) is 14.0. The molecule has 5 rings (SSSR count). The van der Waals surface area contributed by atoms with E-state index in [2.05, 4.69) is 10.2 Å². The van der Waals surface area contributed by atoms with Crippen LogP contribution in [-0.2, 0) is 11.2 Å². The van der Waals surface area contributed by atoms with Gasteiger partial charge in [-0.1, -0.05) is 48.0 Å². The number of hydrogen-bond acceptors (Lipinski definition) is 7. The van der Waals surface area contributed by atoms with Crippen molar-refractivity contribution in [3.63, 3.8) is 0 Å². The maximum absolute atomic E-state index is 13.7. The Kier molecular flexibility index (Phi) is 9.90. The van der Waals surface area contributed by atoms with E-state index in [4.69, 9.17) is 30.8 Å². The van der Waals surface area contributed by atoms with Crippen LogP contribution in [0.5, 0.6) is 17.2 Å². The fourth-order valence-electron chi connectivity index (χ4n) is 5.73. The number of amides is 1. The summed E-state index contributed by atoms with van der Waals surface area (Å²) in [5.74, 6) is -0.695. The molecule has 0 aliphatic heterocycles. The number of halogens is 1. The maximum Gasteiger partial charge on any atom is 0.313 e. The quantitative estimate of drug-likeness (QED) is 0.185. The highest BCUT2D eigenvalue weighted by Gasteiger charge is 2.38. The molecule has 4 aromatic rings. The molecule has 2 unspecified atom stereocenters. The Balaban J connectivity index is 1.55. The number of fused-ring (bicyclic) bond motifs is 1. The molecule has 0 saturated carbocycles. The van der Waals surface area contributed by atoms with Crippen LogP contribution in [0.1, 0.15) is 34.0 Å². The van der Waals surface area contributed by atoms with Crippen molar-refractivity contribution >= 4 is 23.5 Å². The van der Waals surface area contributed by atoms with E-state index in [1.54, 1.807) is 38.5 Å².